The van der Waals surface area contributed by atoms with Crippen LogP contribution in [0.1, 0.15) is 36.5 Å². The summed E-state index contributed by atoms with van der Waals surface area (Å²) < 4.78 is 0. The van der Waals surface area contributed by atoms with Gasteiger partial charge in [0.1, 0.15) is 5.69 Å². The van der Waals surface area contributed by atoms with Crippen molar-refractivity contribution >= 4 is 40.7 Å². The first-order valence-electron chi connectivity index (χ1n) is 7.27. The Hall–Kier alpha value is -1.85. The highest BCUT2D eigenvalue weighted by Gasteiger charge is 2.13. The normalized spacial score (nSPS) is 11.9. The average Bonchev–Trinajstić information content (AvgIpc) is 2.50. The Morgan fingerprint density at radius 3 is 2.61 bits per heavy atom. The summed E-state index contributed by atoms with van der Waals surface area (Å²) in [5, 5.41) is 6.81. The van der Waals surface area contributed by atoms with Gasteiger partial charge in [-0.15, -0.1) is 0 Å². The second-order valence-corrected chi connectivity index (χ2v) is 6.07. The second kappa shape index (κ2) is 7.62. The molecule has 0 saturated carbocycles. The number of aryl methyl sites for hydroxylation is 1. The third-order valence-electron chi connectivity index (χ3n) is 3.25. The summed E-state index contributed by atoms with van der Waals surface area (Å²) in [6.45, 7) is 5.76. The first-order chi connectivity index (χ1) is 10.9. The lowest BCUT2D eigenvalue weighted by atomic mass is 10.2. The predicted molar refractivity (Wildman–Crippen MR) is 93.7 cm³/mol. The molecule has 2 aromatic rings. The van der Waals surface area contributed by atoms with Gasteiger partial charge in [-0.3, -0.25) is 4.79 Å². The van der Waals surface area contributed by atoms with Gasteiger partial charge in [0.2, 0.25) is 5.95 Å². The molecule has 2 N–H and O–H groups in total. The Morgan fingerprint density at radius 2 is 1.96 bits per heavy atom. The molecule has 1 heterocycles. The quantitative estimate of drug-likeness (QED) is 0.838. The van der Waals surface area contributed by atoms with Crippen LogP contribution in [0.3, 0.4) is 0 Å². The molecule has 0 aliphatic carbocycles. The lowest BCUT2D eigenvalue weighted by Crippen LogP contribution is -2.32. The van der Waals surface area contributed by atoms with Crippen molar-refractivity contribution in [1.82, 2.24) is 15.3 Å². The fraction of sp³-hybridized carbons (Fsp3) is 0.312. The largest absolute Gasteiger partial charge is 0.348 e. The van der Waals surface area contributed by atoms with Crippen molar-refractivity contribution in [2.75, 3.05) is 5.32 Å². The Balaban J connectivity index is 2.22. The number of nitrogens with zero attached hydrogens (tertiary/aromatic N) is 2. The molecule has 122 valence electrons. The minimum absolute atomic E-state index is 0.0873. The Labute approximate surface area is 145 Å². The number of nitrogens with one attached hydrogen (secondary N) is 2. The number of carbonyl (C=O) groups excluding carboxylic acids is 1. The fourth-order valence-corrected chi connectivity index (χ4v) is 2.14. The van der Waals surface area contributed by atoms with E-state index in [9.17, 15) is 4.79 Å². The summed E-state index contributed by atoms with van der Waals surface area (Å²) >= 11 is 11.9. The molecule has 1 unspecified atom stereocenters. The molecule has 0 aliphatic heterocycles. The molecule has 0 radical (unpaired) electrons. The zero-order valence-electron chi connectivity index (χ0n) is 13.2. The first-order valence-corrected chi connectivity index (χ1v) is 8.03. The molecule has 1 aromatic carbocycles. The summed E-state index contributed by atoms with van der Waals surface area (Å²) in [7, 11) is 0. The number of aromatic nitrogens is 2. The van der Waals surface area contributed by atoms with E-state index in [1.807, 2.05) is 20.8 Å². The molecule has 0 bridgehead atoms. The van der Waals surface area contributed by atoms with Gasteiger partial charge in [0.05, 0.1) is 10.0 Å². The van der Waals surface area contributed by atoms with Crippen LogP contribution in [0.15, 0.2) is 24.3 Å². The van der Waals surface area contributed by atoms with Gasteiger partial charge in [-0.25, -0.2) is 9.97 Å². The van der Waals surface area contributed by atoms with Gasteiger partial charge in [0, 0.05) is 17.4 Å². The topological polar surface area (TPSA) is 66.9 Å². The van der Waals surface area contributed by atoms with Crippen molar-refractivity contribution in [2.45, 2.75) is 33.2 Å². The van der Waals surface area contributed by atoms with E-state index in [2.05, 4.69) is 20.6 Å². The van der Waals surface area contributed by atoms with E-state index in [-0.39, 0.29) is 11.9 Å². The van der Waals surface area contributed by atoms with Crippen LogP contribution in [-0.4, -0.2) is 21.9 Å². The van der Waals surface area contributed by atoms with Crippen LogP contribution in [0.5, 0.6) is 0 Å². The van der Waals surface area contributed by atoms with Crippen molar-refractivity contribution in [2.24, 2.45) is 0 Å². The monoisotopic (exact) mass is 352 g/mol. The van der Waals surface area contributed by atoms with E-state index < -0.39 is 0 Å². The van der Waals surface area contributed by atoms with E-state index in [0.717, 1.165) is 6.42 Å². The maximum absolute atomic E-state index is 12.2. The standard InChI is InChI=1S/C16H18Cl2N4O/c1-4-9(2)19-15(23)14-7-10(3)20-16(22-14)21-11-5-6-12(17)13(18)8-11/h5-9H,4H2,1-3H3,(H,19,23)(H,20,21,22). The molecular weight excluding hydrogens is 335 g/mol. The highest BCUT2D eigenvalue weighted by atomic mass is 35.5. The first kappa shape index (κ1) is 17.5. The molecule has 0 spiro atoms. The minimum Gasteiger partial charge on any atom is -0.348 e. The third-order valence-corrected chi connectivity index (χ3v) is 3.99. The van der Waals surface area contributed by atoms with Crippen LogP contribution >= 0.6 is 23.2 Å². The Bertz CT molecular complexity index is 721. The van der Waals surface area contributed by atoms with Crippen LogP contribution in [0.25, 0.3) is 0 Å². The number of carbonyl (C=O) groups is 1. The average molecular weight is 353 g/mol. The van der Waals surface area contributed by atoms with Crippen molar-refractivity contribution in [3.8, 4) is 0 Å². The lowest BCUT2D eigenvalue weighted by molar-refractivity contribution is 0.0934. The highest BCUT2D eigenvalue weighted by Crippen LogP contribution is 2.26. The number of halogens is 2. The van der Waals surface area contributed by atoms with E-state index in [1.165, 1.54) is 0 Å². The van der Waals surface area contributed by atoms with E-state index in [0.29, 0.717) is 33.1 Å². The number of hydrogen-bond donors (Lipinski definition) is 2. The predicted octanol–water partition coefficient (Wildman–Crippen LogP) is 4.36. The van der Waals surface area contributed by atoms with Crippen molar-refractivity contribution in [3.63, 3.8) is 0 Å². The van der Waals surface area contributed by atoms with Crippen molar-refractivity contribution in [3.05, 3.63) is 45.7 Å². The maximum atomic E-state index is 12.2. The molecule has 1 atom stereocenters. The Kier molecular flexibility index (Phi) is 5.80. The second-order valence-electron chi connectivity index (χ2n) is 5.25. The lowest BCUT2D eigenvalue weighted by Gasteiger charge is -2.12. The van der Waals surface area contributed by atoms with Crippen LogP contribution in [0, 0.1) is 6.92 Å². The number of amides is 1. The molecule has 7 heteroatoms. The van der Waals surface area contributed by atoms with Crippen LogP contribution in [0.2, 0.25) is 10.0 Å². The van der Waals surface area contributed by atoms with Crippen molar-refractivity contribution in [1.29, 1.82) is 0 Å². The summed E-state index contributed by atoms with van der Waals surface area (Å²) in [5.74, 6) is 0.111. The number of benzene rings is 1. The molecule has 1 amide bonds. The summed E-state index contributed by atoms with van der Waals surface area (Å²) in [6.07, 6.45) is 0.851. The van der Waals surface area contributed by atoms with Crippen LogP contribution in [-0.2, 0) is 0 Å². The fourth-order valence-electron chi connectivity index (χ4n) is 1.84. The zero-order valence-corrected chi connectivity index (χ0v) is 14.7. The highest BCUT2D eigenvalue weighted by molar-refractivity contribution is 6.42. The smallest absolute Gasteiger partial charge is 0.270 e. The van der Waals surface area contributed by atoms with Crippen molar-refractivity contribution < 1.29 is 4.79 Å². The van der Waals surface area contributed by atoms with Crippen LogP contribution < -0.4 is 10.6 Å². The summed E-state index contributed by atoms with van der Waals surface area (Å²) in [6, 6.07) is 6.85. The van der Waals surface area contributed by atoms with Crippen LogP contribution in [0.4, 0.5) is 11.6 Å². The van der Waals surface area contributed by atoms with Gasteiger partial charge in [-0.1, -0.05) is 30.1 Å². The molecular formula is C16H18Cl2N4O. The summed E-state index contributed by atoms with van der Waals surface area (Å²) in [4.78, 5) is 20.7. The van der Waals surface area contributed by atoms with Gasteiger partial charge in [-0.2, -0.15) is 0 Å². The van der Waals surface area contributed by atoms with Gasteiger partial charge < -0.3 is 10.6 Å². The SMILES string of the molecule is CCC(C)NC(=O)c1cc(C)nc(Nc2ccc(Cl)c(Cl)c2)n1. The van der Waals surface area contributed by atoms with Gasteiger partial charge in [-0.05, 0) is 44.5 Å². The zero-order chi connectivity index (χ0) is 17.0. The summed E-state index contributed by atoms with van der Waals surface area (Å²) in [5.41, 5.74) is 1.70. The molecule has 0 aliphatic rings. The number of rotatable bonds is 5. The van der Waals surface area contributed by atoms with E-state index in [1.54, 1.807) is 24.3 Å². The Morgan fingerprint density at radius 1 is 1.22 bits per heavy atom. The van der Waals surface area contributed by atoms with E-state index >= 15 is 0 Å². The molecule has 0 fully saturated rings. The minimum atomic E-state index is -0.220. The maximum Gasteiger partial charge on any atom is 0.270 e. The van der Waals surface area contributed by atoms with Gasteiger partial charge in [0.15, 0.2) is 0 Å². The molecule has 1 aromatic heterocycles. The van der Waals surface area contributed by atoms with E-state index in [4.69, 9.17) is 23.2 Å². The van der Waals surface area contributed by atoms with Gasteiger partial charge >= 0.3 is 0 Å². The number of hydrogen-bond acceptors (Lipinski definition) is 4. The number of anilines is 2. The molecule has 0 saturated heterocycles. The molecule has 5 nitrogen and oxygen atoms in total. The molecule has 23 heavy (non-hydrogen) atoms. The molecule has 2 rings (SSSR count). The van der Waals surface area contributed by atoms with Gasteiger partial charge in [0.25, 0.3) is 5.91 Å². The third kappa shape index (κ3) is 4.81.